The Hall–Kier alpha value is -1.96. The fraction of sp³-hybridized carbons (Fsp3) is 0.0714. The fourth-order valence-electron chi connectivity index (χ4n) is 1.92. The van der Waals surface area contributed by atoms with Gasteiger partial charge in [-0.25, -0.2) is 0 Å². The van der Waals surface area contributed by atoms with Gasteiger partial charge in [0.2, 0.25) is 0 Å². The molecule has 6 heteroatoms. The first-order valence-electron chi connectivity index (χ1n) is 6.06. The van der Waals surface area contributed by atoms with Gasteiger partial charge in [0.25, 0.3) is 5.91 Å². The summed E-state index contributed by atoms with van der Waals surface area (Å²) in [6.07, 6.45) is 1.70. The van der Waals surface area contributed by atoms with E-state index in [1.807, 2.05) is 36.4 Å². The van der Waals surface area contributed by atoms with Crippen LogP contribution in [0, 0.1) is 3.57 Å². The maximum atomic E-state index is 12.2. The van der Waals surface area contributed by atoms with E-state index in [4.69, 9.17) is 0 Å². The summed E-state index contributed by atoms with van der Waals surface area (Å²) in [6, 6.07) is 11.4. The third-order valence-electron chi connectivity index (χ3n) is 2.90. The summed E-state index contributed by atoms with van der Waals surface area (Å²) in [5.41, 5.74) is 2.08. The number of nitrogens with zero attached hydrogens (tertiary/aromatic N) is 2. The molecular formula is C14H11IN4O. The molecule has 0 spiro atoms. The molecule has 0 saturated carbocycles. The van der Waals surface area contributed by atoms with Crippen molar-refractivity contribution in [3.63, 3.8) is 0 Å². The van der Waals surface area contributed by atoms with Crippen molar-refractivity contribution in [3.05, 3.63) is 57.6 Å². The van der Waals surface area contributed by atoms with Gasteiger partial charge in [0.05, 0.1) is 17.8 Å². The van der Waals surface area contributed by atoms with Crippen LogP contribution in [0.1, 0.15) is 16.2 Å². The lowest BCUT2D eigenvalue weighted by molar-refractivity contribution is 0.0947. The van der Waals surface area contributed by atoms with Gasteiger partial charge in [-0.3, -0.25) is 14.9 Å². The maximum Gasteiger partial charge on any atom is 0.272 e. The first-order valence-corrected chi connectivity index (χ1v) is 7.13. The molecular weight excluding hydrogens is 367 g/mol. The van der Waals surface area contributed by atoms with Crippen LogP contribution in [0.4, 0.5) is 0 Å². The Balaban J connectivity index is 1.80. The molecule has 1 aromatic carbocycles. The van der Waals surface area contributed by atoms with Crippen molar-refractivity contribution < 1.29 is 4.79 Å². The van der Waals surface area contributed by atoms with Crippen LogP contribution in [-0.4, -0.2) is 21.1 Å². The number of benzene rings is 1. The highest BCUT2D eigenvalue weighted by Gasteiger charge is 2.14. The van der Waals surface area contributed by atoms with Gasteiger partial charge in [-0.05, 0) is 52.9 Å². The minimum Gasteiger partial charge on any atom is -0.345 e. The van der Waals surface area contributed by atoms with Crippen LogP contribution in [0.2, 0.25) is 0 Å². The number of H-pyrrole nitrogens is 1. The molecule has 20 heavy (non-hydrogen) atoms. The number of rotatable bonds is 3. The van der Waals surface area contributed by atoms with Gasteiger partial charge in [0.1, 0.15) is 0 Å². The molecule has 0 aliphatic carbocycles. The number of hydrogen-bond donors (Lipinski definition) is 2. The third kappa shape index (κ3) is 2.64. The highest BCUT2D eigenvalue weighted by atomic mass is 127. The molecule has 0 unspecified atom stereocenters. The molecule has 0 bridgehead atoms. The lowest BCUT2D eigenvalue weighted by atomic mass is 10.2. The number of carbonyl (C=O) groups excluding carboxylic acids is 1. The number of carbonyl (C=O) groups is 1. The van der Waals surface area contributed by atoms with Crippen LogP contribution >= 0.6 is 22.6 Å². The van der Waals surface area contributed by atoms with Crippen LogP contribution in [-0.2, 0) is 6.54 Å². The molecule has 2 N–H and O–H groups in total. The minimum absolute atomic E-state index is 0.205. The summed E-state index contributed by atoms with van der Waals surface area (Å²) >= 11 is 2.21. The summed E-state index contributed by atoms with van der Waals surface area (Å²) in [4.78, 5) is 16.3. The molecule has 1 amide bonds. The van der Waals surface area contributed by atoms with E-state index < -0.39 is 0 Å². The van der Waals surface area contributed by atoms with Gasteiger partial charge in [-0.2, -0.15) is 5.10 Å². The lowest BCUT2D eigenvalue weighted by Gasteiger charge is -2.02. The normalized spacial score (nSPS) is 10.7. The molecule has 2 aromatic heterocycles. The first-order chi connectivity index (χ1) is 9.74. The molecule has 0 aliphatic heterocycles. The number of aromatic amines is 1. The molecule has 3 rings (SSSR count). The Morgan fingerprint density at radius 2 is 2.20 bits per heavy atom. The van der Waals surface area contributed by atoms with Crippen molar-refractivity contribution in [1.82, 2.24) is 20.5 Å². The van der Waals surface area contributed by atoms with E-state index >= 15 is 0 Å². The van der Waals surface area contributed by atoms with Crippen molar-refractivity contribution in [3.8, 4) is 0 Å². The molecule has 2 heterocycles. The SMILES string of the molecule is O=C(NCc1ccccn1)c1n[nH]c2ccc(I)cc12. The average Bonchev–Trinajstić information content (AvgIpc) is 2.89. The summed E-state index contributed by atoms with van der Waals surface area (Å²) in [5.74, 6) is -0.205. The van der Waals surface area contributed by atoms with Gasteiger partial charge in [0.15, 0.2) is 5.69 Å². The largest absolute Gasteiger partial charge is 0.345 e. The van der Waals surface area contributed by atoms with Crippen LogP contribution in [0.5, 0.6) is 0 Å². The molecule has 0 radical (unpaired) electrons. The van der Waals surface area contributed by atoms with Crippen molar-refractivity contribution in [2.45, 2.75) is 6.54 Å². The zero-order valence-electron chi connectivity index (χ0n) is 10.4. The summed E-state index contributed by atoms with van der Waals surface area (Å²) < 4.78 is 1.07. The number of pyridine rings is 1. The summed E-state index contributed by atoms with van der Waals surface area (Å²) in [5, 5.41) is 10.6. The van der Waals surface area contributed by atoms with Gasteiger partial charge in [-0.15, -0.1) is 0 Å². The molecule has 0 saturated heterocycles. The third-order valence-corrected chi connectivity index (χ3v) is 3.57. The van der Waals surface area contributed by atoms with E-state index in [-0.39, 0.29) is 5.91 Å². The second-order valence-electron chi connectivity index (χ2n) is 4.27. The lowest BCUT2D eigenvalue weighted by Crippen LogP contribution is -2.23. The number of nitrogens with one attached hydrogen (secondary N) is 2. The smallest absolute Gasteiger partial charge is 0.272 e. The molecule has 100 valence electrons. The fourth-order valence-corrected chi connectivity index (χ4v) is 2.41. The molecule has 0 fully saturated rings. The van der Waals surface area contributed by atoms with Crippen LogP contribution in [0.15, 0.2) is 42.6 Å². The molecule has 5 nitrogen and oxygen atoms in total. The Bertz CT molecular complexity index is 754. The topological polar surface area (TPSA) is 70.7 Å². The van der Waals surface area contributed by atoms with Crippen LogP contribution in [0.3, 0.4) is 0 Å². The Kier molecular flexibility index (Phi) is 3.64. The van der Waals surface area contributed by atoms with E-state index in [1.165, 1.54) is 0 Å². The standard InChI is InChI=1S/C14H11IN4O/c15-9-4-5-12-11(7-9)13(19-18-12)14(20)17-8-10-3-1-2-6-16-10/h1-7H,8H2,(H,17,20)(H,18,19). The zero-order chi connectivity index (χ0) is 13.9. The highest BCUT2D eigenvalue weighted by Crippen LogP contribution is 2.18. The number of hydrogen-bond acceptors (Lipinski definition) is 3. The Labute approximate surface area is 128 Å². The number of amides is 1. The number of aromatic nitrogens is 3. The highest BCUT2D eigenvalue weighted by molar-refractivity contribution is 14.1. The molecule has 0 aliphatic rings. The van der Waals surface area contributed by atoms with Crippen molar-refractivity contribution in [2.24, 2.45) is 0 Å². The Morgan fingerprint density at radius 1 is 1.30 bits per heavy atom. The number of halogens is 1. The van der Waals surface area contributed by atoms with Crippen molar-refractivity contribution >= 4 is 39.4 Å². The van der Waals surface area contributed by atoms with Crippen LogP contribution in [0.25, 0.3) is 10.9 Å². The summed E-state index contributed by atoms with van der Waals surface area (Å²) in [7, 11) is 0. The quantitative estimate of drug-likeness (QED) is 0.688. The van der Waals surface area contributed by atoms with Gasteiger partial charge in [-0.1, -0.05) is 6.07 Å². The Morgan fingerprint density at radius 3 is 3.00 bits per heavy atom. The zero-order valence-corrected chi connectivity index (χ0v) is 12.6. The van der Waals surface area contributed by atoms with Gasteiger partial charge < -0.3 is 5.32 Å². The van der Waals surface area contributed by atoms with E-state index in [0.717, 1.165) is 20.2 Å². The van der Waals surface area contributed by atoms with Crippen molar-refractivity contribution in [2.75, 3.05) is 0 Å². The maximum absolute atomic E-state index is 12.2. The molecule has 3 aromatic rings. The average molecular weight is 378 g/mol. The second-order valence-corrected chi connectivity index (χ2v) is 5.51. The second kappa shape index (κ2) is 5.58. The molecule has 0 atom stereocenters. The van der Waals surface area contributed by atoms with E-state index in [2.05, 4.69) is 43.1 Å². The summed E-state index contributed by atoms with van der Waals surface area (Å²) in [6.45, 7) is 0.387. The van der Waals surface area contributed by atoms with E-state index in [0.29, 0.717) is 12.2 Å². The first kappa shape index (κ1) is 13.0. The van der Waals surface area contributed by atoms with E-state index in [9.17, 15) is 4.79 Å². The monoisotopic (exact) mass is 378 g/mol. The van der Waals surface area contributed by atoms with Crippen molar-refractivity contribution in [1.29, 1.82) is 0 Å². The van der Waals surface area contributed by atoms with Gasteiger partial charge >= 0.3 is 0 Å². The predicted octanol–water partition coefficient (Wildman–Crippen LogP) is 2.49. The van der Waals surface area contributed by atoms with Crippen LogP contribution < -0.4 is 5.32 Å². The van der Waals surface area contributed by atoms with E-state index in [1.54, 1.807) is 6.20 Å². The minimum atomic E-state index is -0.205. The van der Waals surface area contributed by atoms with Gasteiger partial charge in [0, 0.05) is 15.2 Å². The predicted molar refractivity (Wildman–Crippen MR) is 84.2 cm³/mol. The number of fused-ring (bicyclic) bond motifs is 1.